The van der Waals surface area contributed by atoms with Gasteiger partial charge in [0.15, 0.2) is 3.92 Å². The predicted molar refractivity (Wildman–Crippen MR) is 53.0 cm³/mol. The lowest BCUT2D eigenvalue weighted by Gasteiger charge is -1.92. The molecule has 0 aliphatic heterocycles. The van der Waals surface area contributed by atoms with E-state index in [1.54, 1.807) is 11.3 Å². The van der Waals surface area contributed by atoms with Crippen LogP contribution in [0.4, 0.5) is 0 Å². The van der Waals surface area contributed by atoms with Crippen LogP contribution >= 0.6 is 27.3 Å². The molecule has 1 aromatic heterocycles. The normalized spacial score (nSPS) is 10.4. The first-order valence-corrected chi connectivity index (χ1v) is 5.54. The Hall–Kier alpha value is 0.110. The molecular formula is C8H12BrNS. The molecule has 1 heterocycles. The summed E-state index contributed by atoms with van der Waals surface area (Å²) in [6.07, 6.45) is 7.07. The van der Waals surface area contributed by atoms with E-state index in [1.165, 1.54) is 30.6 Å². The molecule has 1 rings (SSSR count). The number of aryl methyl sites for hydroxylation is 1. The molecule has 0 spiro atoms. The molecule has 3 heteroatoms. The van der Waals surface area contributed by atoms with Gasteiger partial charge in [0.25, 0.3) is 0 Å². The summed E-state index contributed by atoms with van der Waals surface area (Å²) >= 11 is 5.09. The maximum atomic E-state index is 4.13. The number of nitrogens with zero attached hydrogens (tertiary/aromatic N) is 1. The van der Waals surface area contributed by atoms with Crippen molar-refractivity contribution in [3.63, 3.8) is 0 Å². The molecule has 0 amide bonds. The molecule has 0 saturated heterocycles. The summed E-state index contributed by atoms with van der Waals surface area (Å²) in [5.41, 5.74) is 0. The van der Waals surface area contributed by atoms with Crippen LogP contribution in [0.2, 0.25) is 0 Å². The summed E-state index contributed by atoms with van der Waals surface area (Å²) < 4.78 is 1.00. The van der Waals surface area contributed by atoms with Gasteiger partial charge in [-0.1, -0.05) is 19.8 Å². The van der Waals surface area contributed by atoms with Crippen LogP contribution in [-0.2, 0) is 6.42 Å². The Kier molecular flexibility index (Phi) is 4.08. The number of hydrogen-bond donors (Lipinski definition) is 0. The zero-order valence-corrected chi connectivity index (χ0v) is 9.04. The van der Waals surface area contributed by atoms with Gasteiger partial charge in [-0.2, -0.15) is 0 Å². The SMILES string of the molecule is CCCCCc1cnc(Br)s1. The van der Waals surface area contributed by atoms with Gasteiger partial charge in [-0.3, -0.25) is 0 Å². The van der Waals surface area contributed by atoms with Crippen molar-refractivity contribution in [2.24, 2.45) is 0 Å². The highest BCUT2D eigenvalue weighted by molar-refractivity contribution is 9.11. The third-order valence-electron chi connectivity index (χ3n) is 1.55. The van der Waals surface area contributed by atoms with E-state index in [9.17, 15) is 0 Å². The molecular weight excluding hydrogens is 222 g/mol. The molecule has 0 bridgehead atoms. The first-order chi connectivity index (χ1) is 5.33. The Bertz CT molecular complexity index is 210. The average molecular weight is 234 g/mol. The zero-order valence-electron chi connectivity index (χ0n) is 6.64. The number of halogens is 1. The fourth-order valence-corrected chi connectivity index (χ4v) is 2.35. The number of rotatable bonds is 4. The first-order valence-electron chi connectivity index (χ1n) is 3.93. The molecule has 11 heavy (non-hydrogen) atoms. The second-order valence-corrected chi connectivity index (χ2v) is 4.93. The molecule has 0 aliphatic carbocycles. The lowest BCUT2D eigenvalue weighted by atomic mass is 10.2. The number of hydrogen-bond acceptors (Lipinski definition) is 2. The van der Waals surface area contributed by atoms with E-state index >= 15 is 0 Å². The summed E-state index contributed by atoms with van der Waals surface area (Å²) in [4.78, 5) is 5.52. The Labute approximate surface area is 80.0 Å². The predicted octanol–water partition coefficient (Wildman–Crippen LogP) is 3.64. The van der Waals surface area contributed by atoms with Crippen LogP contribution in [0.5, 0.6) is 0 Å². The molecule has 0 radical (unpaired) electrons. The maximum absolute atomic E-state index is 4.13. The summed E-state index contributed by atoms with van der Waals surface area (Å²) in [6.45, 7) is 2.22. The van der Waals surface area contributed by atoms with Gasteiger partial charge in [-0.25, -0.2) is 4.98 Å². The van der Waals surface area contributed by atoms with Gasteiger partial charge < -0.3 is 0 Å². The van der Waals surface area contributed by atoms with Crippen LogP contribution in [0.15, 0.2) is 10.1 Å². The van der Waals surface area contributed by atoms with Gasteiger partial charge in [0.2, 0.25) is 0 Å². The molecule has 62 valence electrons. The highest BCUT2D eigenvalue weighted by atomic mass is 79.9. The van der Waals surface area contributed by atoms with Crippen molar-refractivity contribution < 1.29 is 0 Å². The van der Waals surface area contributed by atoms with Crippen molar-refractivity contribution in [2.75, 3.05) is 0 Å². The zero-order chi connectivity index (χ0) is 8.10. The van der Waals surface area contributed by atoms with Gasteiger partial charge >= 0.3 is 0 Å². The Morgan fingerprint density at radius 3 is 2.91 bits per heavy atom. The van der Waals surface area contributed by atoms with Crippen molar-refractivity contribution >= 4 is 27.3 Å². The van der Waals surface area contributed by atoms with Crippen LogP contribution < -0.4 is 0 Å². The average Bonchev–Trinajstić information content (AvgIpc) is 2.37. The molecule has 0 aliphatic rings. The van der Waals surface area contributed by atoms with Gasteiger partial charge in [-0.05, 0) is 28.8 Å². The summed E-state index contributed by atoms with van der Waals surface area (Å²) in [6, 6.07) is 0. The minimum atomic E-state index is 1.00. The molecule has 0 fully saturated rings. The van der Waals surface area contributed by atoms with Gasteiger partial charge in [0.1, 0.15) is 0 Å². The number of aromatic nitrogens is 1. The molecule has 0 aromatic carbocycles. The summed E-state index contributed by atoms with van der Waals surface area (Å²) in [7, 11) is 0. The van der Waals surface area contributed by atoms with Gasteiger partial charge in [-0.15, -0.1) is 11.3 Å². The van der Waals surface area contributed by atoms with Gasteiger partial charge in [0.05, 0.1) is 0 Å². The third kappa shape index (κ3) is 3.34. The van der Waals surface area contributed by atoms with Crippen LogP contribution in [0, 0.1) is 0 Å². The van der Waals surface area contributed by atoms with E-state index in [4.69, 9.17) is 0 Å². The van der Waals surface area contributed by atoms with Crippen LogP contribution in [0.1, 0.15) is 31.1 Å². The Morgan fingerprint density at radius 1 is 1.55 bits per heavy atom. The lowest BCUT2D eigenvalue weighted by Crippen LogP contribution is -1.79. The number of unbranched alkanes of at least 4 members (excludes halogenated alkanes) is 2. The van der Waals surface area contributed by atoms with E-state index in [2.05, 4.69) is 27.8 Å². The topological polar surface area (TPSA) is 12.9 Å². The third-order valence-corrected chi connectivity index (χ3v) is 3.09. The second-order valence-electron chi connectivity index (χ2n) is 2.54. The largest absolute Gasteiger partial charge is 0.237 e. The lowest BCUT2D eigenvalue weighted by molar-refractivity contribution is 0.722. The van der Waals surface area contributed by atoms with E-state index in [-0.39, 0.29) is 0 Å². The summed E-state index contributed by atoms with van der Waals surface area (Å²) in [5, 5.41) is 0. The van der Waals surface area contributed by atoms with E-state index in [1.807, 2.05) is 6.20 Å². The molecule has 0 N–H and O–H groups in total. The quantitative estimate of drug-likeness (QED) is 0.725. The van der Waals surface area contributed by atoms with E-state index in [0.29, 0.717) is 0 Å². The first kappa shape index (κ1) is 9.20. The minimum Gasteiger partial charge on any atom is -0.237 e. The maximum Gasteiger partial charge on any atom is 0.159 e. The highest BCUT2D eigenvalue weighted by Gasteiger charge is 1.97. The Morgan fingerprint density at radius 2 is 2.36 bits per heavy atom. The van der Waals surface area contributed by atoms with E-state index in [0.717, 1.165) is 3.92 Å². The summed E-state index contributed by atoms with van der Waals surface area (Å²) in [5.74, 6) is 0. The van der Waals surface area contributed by atoms with Crippen molar-refractivity contribution in [2.45, 2.75) is 32.6 Å². The minimum absolute atomic E-state index is 1.00. The van der Waals surface area contributed by atoms with Gasteiger partial charge in [0, 0.05) is 11.1 Å². The monoisotopic (exact) mass is 233 g/mol. The smallest absolute Gasteiger partial charge is 0.159 e. The fraction of sp³-hybridized carbons (Fsp3) is 0.625. The van der Waals surface area contributed by atoms with Crippen LogP contribution in [-0.4, -0.2) is 4.98 Å². The van der Waals surface area contributed by atoms with Crippen LogP contribution in [0.25, 0.3) is 0 Å². The molecule has 0 atom stereocenters. The molecule has 1 nitrogen and oxygen atoms in total. The number of thiazole rings is 1. The Balaban J connectivity index is 2.27. The van der Waals surface area contributed by atoms with Crippen molar-refractivity contribution in [3.8, 4) is 0 Å². The van der Waals surface area contributed by atoms with Crippen LogP contribution in [0.3, 0.4) is 0 Å². The molecule has 1 aromatic rings. The highest BCUT2D eigenvalue weighted by Crippen LogP contribution is 2.20. The fourth-order valence-electron chi connectivity index (χ4n) is 0.948. The van der Waals surface area contributed by atoms with Crippen molar-refractivity contribution in [1.82, 2.24) is 4.98 Å². The van der Waals surface area contributed by atoms with Crippen molar-refractivity contribution in [1.29, 1.82) is 0 Å². The second kappa shape index (κ2) is 4.88. The molecule has 0 saturated carbocycles. The van der Waals surface area contributed by atoms with Crippen molar-refractivity contribution in [3.05, 3.63) is 15.0 Å². The van der Waals surface area contributed by atoms with E-state index < -0.39 is 0 Å². The molecule has 0 unspecified atom stereocenters. The standard InChI is InChI=1S/C8H12BrNS/c1-2-3-4-5-7-6-10-8(9)11-7/h6H,2-5H2,1H3.